The highest BCUT2D eigenvalue weighted by molar-refractivity contribution is 5.87. The summed E-state index contributed by atoms with van der Waals surface area (Å²) in [6.07, 6.45) is 2.16. The first-order chi connectivity index (χ1) is 12.9. The van der Waals surface area contributed by atoms with Crippen molar-refractivity contribution < 1.29 is 9.59 Å². The van der Waals surface area contributed by atoms with E-state index in [-0.39, 0.29) is 29.8 Å². The molecule has 1 aromatic carbocycles. The molecule has 1 atom stereocenters. The maximum absolute atomic E-state index is 12.5. The highest BCUT2D eigenvalue weighted by atomic mass is 16.2. The fraction of sp³-hybridized carbons (Fsp3) is 0.368. The van der Waals surface area contributed by atoms with Gasteiger partial charge in [0.1, 0.15) is 11.7 Å². The van der Waals surface area contributed by atoms with E-state index in [1.807, 2.05) is 26.0 Å². The summed E-state index contributed by atoms with van der Waals surface area (Å²) in [5.74, 6) is -0.253. The van der Waals surface area contributed by atoms with Crippen LogP contribution in [0.3, 0.4) is 0 Å². The number of aromatic amines is 1. The molecule has 0 bridgehead atoms. The number of aromatic nitrogens is 3. The van der Waals surface area contributed by atoms with E-state index in [0.717, 1.165) is 0 Å². The topological polar surface area (TPSA) is 108 Å². The number of rotatable bonds is 6. The van der Waals surface area contributed by atoms with Gasteiger partial charge in [0.25, 0.3) is 5.56 Å². The fourth-order valence-corrected chi connectivity index (χ4v) is 3.11. The predicted molar refractivity (Wildman–Crippen MR) is 102 cm³/mol. The second-order valence-electron chi connectivity index (χ2n) is 7.00. The standard InChI is InChI=1S/C19H23N5O3/c1-11(2)8-15(22-12(3)25)19(27)20-9-13-10-21-24-16-7-5-4-6-14(16)18(26)23-17(13)24/h4-7,10-11,15H,8-9H2,1-3H3,(H,20,27)(H,22,25)(H,23,26)/t15-/m0/s1. The van der Waals surface area contributed by atoms with Gasteiger partial charge in [0.2, 0.25) is 11.8 Å². The summed E-state index contributed by atoms with van der Waals surface area (Å²) in [6.45, 7) is 5.57. The summed E-state index contributed by atoms with van der Waals surface area (Å²) in [6, 6.07) is 6.60. The molecule has 8 heteroatoms. The lowest BCUT2D eigenvalue weighted by Crippen LogP contribution is -2.46. The normalized spacial score (nSPS) is 12.4. The van der Waals surface area contributed by atoms with Crippen molar-refractivity contribution in [1.29, 1.82) is 0 Å². The van der Waals surface area contributed by atoms with Crippen LogP contribution in [0.15, 0.2) is 35.3 Å². The number of benzene rings is 1. The zero-order valence-electron chi connectivity index (χ0n) is 15.6. The van der Waals surface area contributed by atoms with Crippen LogP contribution in [0.5, 0.6) is 0 Å². The molecule has 0 aliphatic heterocycles. The average molecular weight is 369 g/mol. The maximum Gasteiger partial charge on any atom is 0.259 e. The zero-order chi connectivity index (χ0) is 19.6. The zero-order valence-corrected chi connectivity index (χ0v) is 15.6. The lowest BCUT2D eigenvalue weighted by Gasteiger charge is -2.19. The molecule has 3 N–H and O–H groups in total. The van der Waals surface area contributed by atoms with Crippen LogP contribution >= 0.6 is 0 Å². The third-order valence-electron chi connectivity index (χ3n) is 4.31. The van der Waals surface area contributed by atoms with Gasteiger partial charge in [-0.05, 0) is 24.5 Å². The number of hydrogen-bond acceptors (Lipinski definition) is 4. The monoisotopic (exact) mass is 369 g/mol. The Balaban J connectivity index is 1.83. The Bertz CT molecular complexity index is 1050. The van der Waals surface area contributed by atoms with Gasteiger partial charge in [-0.15, -0.1) is 0 Å². The molecule has 0 saturated heterocycles. The fourth-order valence-electron chi connectivity index (χ4n) is 3.11. The molecule has 0 spiro atoms. The van der Waals surface area contributed by atoms with Gasteiger partial charge in [-0.3, -0.25) is 14.4 Å². The van der Waals surface area contributed by atoms with Gasteiger partial charge < -0.3 is 15.6 Å². The number of para-hydroxylation sites is 1. The largest absolute Gasteiger partial charge is 0.350 e. The minimum absolute atomic E-state index is 0.199. The predicted octanol–water partition coefficient (Wildman–Crippen LogP) is 1.34. The number of amides is 2. The molecule has 2 heterocycles. The van der Waals surface area contributed by atoms with E-state index < -0.39 is 6.04 Å². The third-order valence-corrected chi connectivity index (χ3v) is 4.31. The Hall–Kier alpha value is -3.16. The van der Waals surface area contributed by atoms with Crippen molar-refractivity contribution in [3.63, 3.8) is 0 Å². The van der Waals surface area contributed by atoms with Gasteiger partial charge in [0, 0.05) is 19.0 Å². The summed E-state index contributed by atoms with van der Waals surface area (Å²) in [5, 5.41) is 10.4. The van der Waals surface area contributed by atoms with Crippen molar-refractivity contribution in [2.45, 2.75) is 39.8 Å². The van der Waals surface area contributed by atoms with Crippen LogP contribution in [0.25, 0.3) is 16.6 Å². The molecular formula is C19H23N5O3. The van der Waals surface area contributed by atoms with E-state index in [0.29, 0.717) is 28.5 Å². The van der Waals surface area contributed by atoms with Crippen LogP contribution in [0.2, 0.25) is 0 Å². The van der Waals surface area contributed by atoms with E-state index in [1.54, 1.807) is 22.8 Å². The number of H-pyrrole nitrogens is 1. The summed E-state index contributed by atoms with van der Waals surface area (Å²) in [5.41, 5.74) is 1.73. The Morgan fingerprint density at radius 3 is 2.70 bits per heavy atom. The van der Waals surface area contributed by atoms with E-state index in [2.05, 4.69) is 20.7 Å². The molecule has 3 aromatic rings. The maximum atomic E-state index is 12.5. The van der Waals surface area contributed by atoms with Gasteiger partial charge >= 0.3 is 0 Å². The Labute approximate surface area is 156 Å². The first kappa shape index (κ1) is 18.6. The molecule has 0 aliphatic rings. The Kier molecular flexibility index (Phi) is 5.25. The highest BCUT2D eigenvalue weighted by Crippen LogP contribution is 2.14. The van der Waals surface area contributed by atoms with E-state index in [1.165, 1.54) is 6.92 Å². The van der Waals surface area contributed by atoms with Crippen LogP contribution < -0.4 is 16.2 Å². The van der Waals surface area contributed by atoms with Gasteiger partial charge in [-0.2, -0.15) is 5.10 Å². The first-order valence-electron chi connectivity index (χ1n) is 8.89. The SMILES string of the molecule is CC(=O)N[C@@H](CC(C)C)C(=O)NCc1cnn2c1[nH]c(=O)c1ccccc12. The van der Waals surface area contributed by atoms with Gasteiger partial charge in [-0.25, -0.2) is 4.52 Å². The number of carbonyl (C=O) groups excluding carboxylic acids is 2. The van der Waals surface area contributed by atoms with Crippen molar-refractivity contribution in [3.8, 4) is 0 Å². The highest BCUT2D eigenvalue weighted by Gasteiger charge is 2.21. The quantitative estimate of drug-likeness (QED) is 0.609. The van der Waals surface area contributed by atoms with Crippen molar-refractivity contribution in [2.24, 2.45) is 5.92 Å². The average Bonchev–Trinajstić information content (AvgIpc) is 3.01. The van der Waals surface area contributed by atoms with Crippen molar-refractivity contribution in [2.75, 3.05) is 0 Å². The lowest BCUT2D eigenvalue weighted by atomic mass is 10.0. The molecule has 3 rings (SSSR count). The number of nitrogens with zero attached hydrogens (tertiary/aromatic N) is 2. The molecule has 0 fully saturated rings. The molecular weight excluding hydrogens is 346 g/mol. The van der Waals surface area contributed by atoms with Gasteiger partial charge in [0.05, 0.1) is 17.1 Å². The van der Waals surface area contributed by atoms with Crippen molar-refractivity contribution in [1.82, 2.24) is 25.2 Å². The summed E-state index contributed by atoms with van der Waals surface area (Å²) in [7, 11) is 0. The van der Waals surface area contributed by atoms with Crippen LogP contribution in [0, 0.1) is 5.92 Å². The van der Waals surface area contributed by atoms with Crippen LogP contribution in [0.1, 0.15) is 32.8 Å². The minimum Gasteiger partial charge on any atom is -0.350 e. The van der Waals surface area contributed by atoms with Crippen molar-refractivity contribution >= 4 is 28.4 Å². The molecule has 0 radical (unpaired) electrons. The van der Waals surface area contributed by atoms with Crippen LogP contribution in [0.4, 0.5) is 0 Å². The first-order valence-corrected chi connectivity index (χ1v) is 8.89. The molecule has 27 heavy (non-hydrogen) atoms. The van der Waals surface area contributed by atoms with Crippen LogP contribution in [-0.4, -0.2) is 32.5 Å². The Morgan fingerprint density at radius 2 is 2.00 bits per heavy atom. The molecule has 0 aliphatic carbocycles. The van der Waals surface area contributed by atoms with Crippen LogP contribution in [-0.2, 0) is 16.1 Å². The summed E-state index contributed by atoms with van der Waals surface area (Å²) in [4.78, 5) is 39.0. The summed E-state index contributed by atoms with van der Waals surface area (Å²) >= 11 is 0. The molecule has 142 valence electrons. The number of nitrogens with one attached hydrogen (secondary N) is 3. The number of fused-ring (bicyclic) bond motifs is 3. The molecule has 0 unspecified atom stereocenters. The molecule has 2 amide bonds. The van der Waals surface area contributed by atoms with Crippen molar-refractivity contribution in [3.05, 3.63) is 46.4 Å². The molecule has 0 saturated carbocycles. The van der Waals surface area contributed by atoms with Gasteiger partial charge in [0.15, 0.2) is 0 Å². The van der Waals surface area contributed by atoms with E-state index in [4.69, 9.17) is 0 Å². The minimum atomic E-state index is -0.593. The van der Waals surface area contributed by atoms with E-state index >= 15 is 0 Å². The molecule has 2 aromatic heterocycles. The smallest absolute Gasteiger partial charge is 0.259 e. The number of carbonyl (C=O) groups is 2. The van der Waals surface area contributed by atoms with Gasteiger partial charge in [-0.1, -0.05) is 26.0 Å². The third kappa shape index (κ3) is 3.99. The summed E-state index contributed by atoms with van der Waals surface area (Å²) < 4.78 is 1.65. The van der Waals surface area contributed by atoms with E-state index in [9.17, 15) is 14.4 Å². The number of hydrogen-bond donors (Lipinski definition) is 3. The second kappa shape index (κ2) is 7.61. The Morgan fingerprint density at radius 1 is 1.26 bits per heavy atom. The lowest BCUT2D eigenvalue weighted by molar-refractivity contribution is -0.128. The second-order valence-corrected chi connectivity index (χ2v) is 7.00. The molecule has 8 nitrogen and oxygen atoms in total.